The van der Waals surface area contributed by atoms with Gasteiger partial charge in [0.25, 0.3) is 10.0 Å². The van der Waals surface area contributed by atoms with Crippen LogP contribution in [0, 0.1) is 0 Å². The van der Waals surface area contributed by atoms with Crippen molar-refractivity contribution in [2.24, 2.45) is 0 Å². The number of hydrogen-bond acceptors (Lipinski definition) is 4. The maximum Gasteiger partial charge on any atom is 0.252 e. The summed E-state index contributed by atoms with van der Waals surface area (Å²) in [6, 6.07) is 3.85. The van der Waals surface area contributed by atoms with Crippen LogP contribution in [0.25, 0.3) is 0 Å². The van der Waals surface area contributed by atoms with Crippen LogP contribution < -0.4 is 0 Å². The van der Waals surface area contributed by atoms with Crippen LogP contribution in [0.1, 0.15) is 63.2 Å². The SMILES string of the molecule is CCN(C(=O)Cc1ccc(S(=O)(=O)N2CCCCC2)s1)C1CCCCC1. The summed E-state index contributed by atoms with van der Waals surface area (Å²) < 4.78 is 27.5. The molecule has 2 fully saturated rings. The molecule has 0 spiro atoms. The Hall–Kier alpha value is -0.920. The molecular formula is C19H30N2O3S2. The minimum atomic E-state index is -3.40. The van der Waals surface area contributed by atoms with E-state index < -0.39 is 10.0 Å². The van der Waals surface area contributed by atoms with Gasteiger partial charge in [-0.2, -0.15) is 4.31 Å². The second-order valence-electron chi connectivity index (χ2n) is 7.33. The Morgan fingerprint density at radius 3 is 2.42 bits per heavy atom. The Morgan fingerprint density at radius 1 is 1.12 bits per heavy atom. The molecule has 1 aromatic heterocycles. The maximum atomic E-state index is 12.8. The summed E-state index contributed by atoms with van der Waals surface area (Å²) in [6.45, 7) is 3.99. The Morgan fingerprint density at radius 2 is 1.77 bits per heavy atom. The fourth-order valence-electron chi connectivity index (χ4n) is 4.11. The fraction of sp³-hybridized carbons (Fsp3) is 0.737. The van der Waals surface area contributed by atoms with Crippen molar-refractivity contribution in [3.8, 4) is 0 Å². The standard InChI is InChI=1S/C19H30N2O3S2/c1-2-21(16-9-5-3-6-10-16)18(22)15-17-11-12-19(25-17)26(23,24)20-13-7-4-8-14-20/h11-12,16H,2-10,13-15H2,1H3. The van der Waals surface area contributed by atoms with Crippen LogP contribution >= 0.6 is 11.3 Å². The molecule has 3 rings (SSSR count). The molecule has 1 aliphatic heterocycles. The Bertz CT molecular complexity index is 702. The number of carbonyl (C=O) groups is 1. The normalized spacial score (nSPS) is 20.2. The molecule has 0 N–H and O–H groups in total. The van der Waals surface area contributed by atoms with Crippen molar-refractivity contribution in [1.82, 2.24) is 9.21 Å². The topological polar surface area (TPSA) is 57.7 Å². The van der Waals surface area contributed by atoms with Crippen LogP contribution in [0.15, 0.2) is 16.3 Å². The Labute approximate surface area is 161 Å². The van der Waals surface area contributed by atoms with E-state index in [0.29, 0.717) is 29.8 Å². The fourth-order valence-corrected chi connectivity index (χ4v) is 7.12. The van der Waals surface area contributed by atoms with Crippen molar-refractivity contribution in [3.05, 3.63) is 17.0 Å². The lowest BCUT2D eigenvalue weighted by Crippen LogP contribution is -2.42. The van der Waals surface area contributed by atoms with Crippen LogP contribution in [0.5, 0.6) is 0 Å². The highest BCUT2D eigenvalue weighted by Gasteiger charge is 2.28. The number of rotatable bonds is 6. The lowest BCUT2D eigenvalue weighted by atomic mass is 9.94. The summed E-state index contributed by atoms with van der Waals surface area (Å²) in [4.78, 5) is 15.6. The van der Waals surface area contributed by atoms with E-state index in [1.165, 1.54) is 30.6 Å². The predicted octanol–water partition coefficient (Wildman–Crippen LogP) is 3.65. The molecule has 1 amide bonds. The minimum Gasteiger partial charge on any atom is -0.340 e. The number of amides is 1. The molecule has 0 aromatic carbocycles. The third-order valence-corrected chi connectivity index (χ3v) is 9.00. The van der Waals surface area contributed by atoms with Gasteiger partial charge in [-0.3, -0.25) is 4.79 Å². The average Bonchev–Trinajstić information content (AvgIpc) is 3.13. The molecule has 5 nitrogen and oxygen atoms in total. The van der Waals surface area contributed by atoms with E-state index >= 15 is 0 Å². The van der Waals surface area contributed by atoms with Gasteiger partial charge in [0, 0.05) is 30.6 Å². The number of piperidine rings is 1. The molecule has 1 saturated carbocycles. The second-order valence-corrected chi connectivity index (χ2v) is 10.7. The number of hydrogen-bond donors (Lipinski definition) is 0. The van der Waals surface area contributed by atoms with Crippen LogP contribution in [0.3, 0.4) is 0 Å². The molecular weight excluding hydrogens is 368 g/mol. The summed E-state index contributed by atoms with van der Waals surface area (Å²) >= 11 is 1.26. The monoisotopic (exact) mass is 398 g/mol. The van der Waals surface area contributed by atoms with Gasteiger partial charge in [0.2, 0.25) is 5.91 Å². The van der Waals surface area contributed by atoms with Gasteiger partial charge in [-0.15, -0.1) is 11.3 Å². The molecule has 0 bridgehead atoms. The highest BCUT2D eigenvalue weighted by atomic mass is 32.2. The van der Waals surface area contributed by atoms with E-state index in [0.717, 1.165) is 43.5 Å². The van der Waals surface area contributed by atoms with Crippen LogP contribution in [-0.4, -0.2) is 49.2 Å². The van der Waals surface area contributed by atoms with Gasteiger partial charge in [0.15, 0.2) is 0 Å². The van der Waals surface area contributed by atoms with E-state index in [4.69, 9.17) is 0 Å². The van der Waals surface area contributed by atoms with Crippen molar-refractivity contribution in [2.75, 3.05) is 19.6 Å². The van der Waals surface area contributed by atoms with Crippen molar-refractivity contribution in [3.63, 3.8) is 0 Å². The zero-order chi connectivity index (χ0) is 18.6. The molecule has 1 saturated heterocycles. The highest BCUT2D eigenvalue weighted by molar-refractivity contribution is 7.91. The molecule has 0 unspecified atom stereocenters. The van der Waals surface area contributed by atoms with E-state index in [-0.39, 0.29) is 5.91 Å². The van der Waals surface area contributed by atoms with E-state index in [2.05, 4.69) is 0 Å². The lowest BCUT2D eigenvalue weighted by molar-refractivity contribution is -0.133. The van der Waals surface area contributed by atoms with Crippen molar-refractivity contribution in [2.45, 2.75) is 75.0 Å². The van der Waals surface area contributed by atoms with Crippen LogP contribution in [-0.2, 0) is 21.2 Å². The second kappa shape index (κ2) is 8.85. The molecule has 26 heavy (non-hydrogen) atoms. The van der Waals surface area contributed by atoms with Gasteiger partial charge in [0.05, 0.1) is 6.42 Å². The van der Waals surface area contributed by atoms with Crippen molar-refractivity contribution >= 4 is 27.3 Å². The summed E-state index contributed by atoms with van der Waals surface area (Å²) in [7, 11) is -3.40. The number of nitrogens with zero attached hydrogens (tertiary/aromatic N) is 2. The van der Waals surface area contributed by atoms with E-state index in [9.17, 15) is 13.2 Å². The van der Waals surface area contributed by atoms with Gasteiger partial charge in [-0.25, -0.2) is 8.42 Å². The first kappa shape index (κ1) is 19.8. The third kappa shape index (κ3) is 4.49. The number of thiophene rings is 1. The first-order valence-electron chi connectivity index (χ1n) is 9.90. The summed E-state index contributed by atoms with van der Waals surface area (Å²) in [5.41, 5.74) is 0. The molecule has 7 heteroatoms. The summed E-state index contributed by atoms with van der Waals surface area (Å²) in [5, 5.41) is 0. The van der Waals surface area contributed by atoms with Crippen LogP contribution in [0.4, 0.5) is 0 Å². The lowest BCUT2D eigenvalue weighted by Gasteiger charge is -2.33. The van der Waals surface area contributed by atoms with Crippen molar-refractivity contribution < 1.29 is 13.2 Å². The van der Waals surface area contributed by atoms with E-state index in [1.54, 1.807) is 10.4 Å². The van der Waals surface area contributed by atoms with Gasteiger partial charge in [-0.1, -0.05) is 25.7 Å². The Balaban J connectivity index is 1.66. The average molecular weight is 399 g/mol. The van der Waals surface area contributed by atoms with Crippen molar-refractivity contribution in [1.29, 1.82) is 0 Å². The molecule has 2 aliphatic rings. The zero-order valence-corrected chi connectivity index (χ0v) is 17.3. The summed E-state index contributed by atoms with van der Waals surface area (Å²) in [5.74, 6) is 0.128. The molecule has 2 heterocycles. The molecule has 146 valence electrons. The van der Waals surface area contributed by atoms with Crippen LogP contribution in [0.2, 0.25) is 0 Å². The third-order valence-electron chi connectivity index (χ3n) is 5.55. The zero-order valence-electron chi connectivity index (χ0n) is 15.7. The number of sulfonamides is 1. The Kier molecular flexibility index (Phi) is 6.75. The minimum absolute atomic E-state index is 0.128. The molecule has 0 atom stereocenters. The maximum absolute atomic E-state index is 12.8. The molecule has 0 radical (unpaired) electrons. The largest absolute Gasteiger partial charge is 0.340 e. The number of carbonyl (C=O) groups excluding carboxylic acids is 1. The highest BCUT2D eigenvalue weighted by Crippen LogP contribution is 2.28. The van der Waals surface area contributed by atoms with Gasteiger partial charge >= 0.3 is 0 Å². The quantitative estimate of drug-likeness (QED) is 0.735. The smallest absolute Gasteiger partial charge is 0.252 e. The summed E-state index contributed by atoms with van der Waals surface area (Å²) in [6.07, 6.45) is 9.14. The van der Waals surface area contributed by atoms with Gasteiger partial charge in [-0.05, 0) is 44.7 Å². The molecule has 1 aliphatic carbocycles. The van der Waals surface area contributed by atoms with Gasteiger partial charge in [0.1, 0.15) is 4.21 Å². The predicted molar refractivity (Wildman–Crippen MR) is 105 cm³/mol. The van der Waals surface area contributed by atoms with E-state index in [1.807, 2.05) is 17.9 Å². The number of likely N-dealkylation sites (N-methyl/N-ethyl adjacent to an activating group) is 1. The first-order valence-corrected chi connectivity index (χ1v) is 12.2. The molecule has 1 aromatic rings. The first-order chi connectivity index (χ1) is 12.5. The van der Waals surface area contributed by atoms with Gasteiger partial charge < -0.3 is 4.90 Å².